The number of carbonyl (C=O) groups is 2. The zero-order chi connectivity index (χ0) is 15.4. The summed E-state index contributed by atoms with van der Waals surface area (Å²) in [6.07, 6.45) is 4.14. The van der Waals surface area contributed by atoms with Crippen LogP contribution in [0.5, 0.6) is 0 Å². The Balaban J connectivity index is 4.27. The molecule has 0 aromatic heterocycles. The Morgan fingerprint density at radius 3 is 1.80 bits per heavy atom. The van der Waals surface area contributed by atoms with Gasteiger partial charge in [-0.3, -0.25) is 0 Å². The molecule has 0 rings (SSSR count). The first-order chi connectivity index (χ1) is 9.52. The van der Waals surface area contributed by atoms with Gasteiger partial charge in [-0.2, -0.15) is 0 Å². The summed E-state index contributed by atoms with van der Waals surface area (Å²) in [5.74, 6) is -1.00. The van der Waals surface area contributed by atoms with Crippen molar-refractivity contribution in [3.63, 3.8) is 0 Å². The predicted molar refractivity (Wildman–Crippen MR) is 72.8 cm³/mol. The third-order valence-corrected chi connectivity index (χ3v) is 2.34. The van der Waals surface area contributed by atoms with E-state index in [-0.39, 0.29) is 26.4 Å². The molecule has 0 fully saturated rings. The summed E-state index contributed by atoms with van der Waals surface area (Å²) in [5.41, 5.74) is 0.689. The number of allylic oxidation sites excluding steroid dienone is 2. The number of aliphatic hydroxyl groups excluding tert-OH is 2. The molecule has 0 aliphatic carbocycles. The zero-order valence-corrected chi connectivity index (χ0v) is 11.9. The Labute approximate surface area is 118 Å². The molecule has 0 spiro atoms. The van der Waals surface area contributed by atoms with Gasteiger partial charge in [0.05, 0.1) is 13.2 Å². The van der Waals surface area contributed by atoms with Gasteiger partial charge < -0.3 is 19.7 Å². The van der Waals surface area contributed by atoms with E-state index < -0.39 is 11.9 Å². The number of unbranched alkanes of at least 4 members (excludes halogenated alkanes) is 1. The van der Waals surface area contributed by atoms with Crippen molar-refractivity contribution in [1.29, 1.82) is 0 Å². The summed E-state index contributed by atoms with van der Waals surface area (Å²) in [5, 5.41) is 17.1. The van der Waals surface area contributed by atoms with E-state index in [1.165, 1.54) is 12.2 Å². The van der Waals surface area contributed by atoms with E-state index >= 15 is 0 Å². The molecule has 0 atom stereocenters. The molecule has 0 aromatic carbocycles. The van der Waals surface area contributed by atoms with E-state index in [2.05, 4.69) is 0 Å². The molecule has 114 valence electrons. The molecular weight excluding hydrogens is 264 g/mol. The Morgan fingerprint density at radius 1 is 0.850 bits per heavy atom. The molecule has 0 radical (unpaired) electrons. The largest absolute Gasteiger partial charge is 0.462 e. The average molecular weight is 286 g/mol. The fraction of sp³-hybridized carbons (Fsp3) is 0.571. The maximum Gasteiger partial charge on any atom is 0.333 e. The van der Waals surface area contributed by atoms with Crippen LogP contribution < -0.4 is 0 Å². The molecule has 0 aliphatic heterocycles. The molecule has 0 saturated carbocycles. The molecular formula is C14H22O6. The minimum Gasteiger partial charge on any atom is -0.462 e. The van der Waals surface area contributed by atoms with Gasteiger partial charge in [-0.05, 0) is 26.7 Å². The summed E-state index contributed by atoms with van der Waals surface area (Å²) < 4.78 is 9.68. The van der Waals surface area contributed by atoms with E-state index in [0.717, 1.165) is 0 Å². The van der Waals surface area contributed by atoms with Gasteiger partial charge in [0, 0.05) is 17.8 Å². The van der Waals surface area contributed by atoms with E-state index in [0.29, 0.717) is 24.0 Å². The second-order valence-electron chi connectivity index (χ2n) is 4.13. The first-order valence-corrected chi connectivity index (χ1v) is 6.44. The summed E-state index contributed by atoms with van der Waals surface area (Å²) in [6.45, 7) is 3.18. The topological polar surface area (TPSA) is 93.1 Å². The predicted octanol–water partition coefficient (Wildman–Crippen LogP) is 0.730. The fourth-order valence-electron chi connectivity index (χ4n) is 1.13. The molecule has 0 heterocycles. The Morgan fingerprint density at radius 2 is 1.35 bits per heavy atom. The lowest BCUT2D eigenvalue weighted by molar-refractivity contribution is -0.140. The smallest absolute Gasteiger partial charge is 0.333 e. The summed E-state index contributed by atoms with van der Waals surface area (Å²) in [6, 6.07) is 0. The molecule has 2 N–H and O–H groups in total. The standard InChI is InChI=1S/C14H22O6/c1-11(13(17)19-9-4-3-7-15)5-6-12(2)14(18)20-10-8-16/h5-6,15-16H,3-4,7-10H2,1-2H3/b11-5+,12-6+. The van der Waals surface area contributed by atoms with Gasteiger partial charge in [0.15, 0.2) is 0 Å². The van der Waals surface area contributed by atoms with Crippen molar-refractivity contribution in [2.75, 3.05) is 26.4 Å². The van der Waals surface area contributed by atoms with Gasteiger partial charge in [0.2, 0.25) is 0 Å². The molecule has 0 bridgehead atoms. The molecule has 0 unspecified atom stereocenters. The highest BCUT2D eigenvalue weighted by Crippen LogP contribution is 2.03. The average Bonchev–Trinajstić information content (AvgIpc) is 2.45. The number of aliphatic hydroxyl groups is 2. The number of esters is 2. The van der Waals surface area contributed by atoms with Crippen molar-refractivity contribution in [2.24, 2.45) is 0 Å². The van der Waals surface area contributed by atoms with Crippen molar-refractivity contribution < 1.29 is 29.3 Å². The quantitative estimate of drug-likeness (QED) is 0.281. The van der Waals surface area contributed by atoms with Crippen molar-refractivity contribution >= 4 is 11.9 Å². The molecule has 0 saturated heterocycles. The van der Waals surface area contributed by atoms with E-state index in [1.54, 1.807) is 13.8 Å². The van der Waals surface area contributed by atoms with Gasteiger partial charge in [-0.15, -0.1) is 0 Å². The lowest BCUT2D eigenvalue weighted by Gasteiger charge is -2.04. The first-order valence-electron chi connectivity index (χ1n) is 6.44. The molecule has 20 heavy (non-hydrogen) atoms. The second kappa shape index (κ2) is 11.2. The minimum absolute atomic E-state index is 0.0559. The number of carbonyl (C=O) groups excluding carboxylic acids is 2. The van der Waals surface area contributed by atoms with Crippen LogP contribution in [0.2, 0.25) is 0 Å². The van der Waals surface area contributed by atoms with E-state index in [9.17, 15) is 9.59 Å². The highest BCUT2D eigenvalue weighted by atomic mass is 16.5. The van der Waals surface area contributed by atoms with Crippen LogP contribution in [0.3, 0.4) is 0 Å². The van der Waals surface area contributed by atoms with Crippen LogP contribution in [0.1, 0.15) is 26.7 Å². The fourth-order valence-corrected chi connectivity index (χ4v) is 1.13. The third-order valence-electron chi connectivity index (χ3n) is 2.34. The van der Waals surface area contributed by atoms with Crippen molar-refractivity contribution in [3.8, 4) is 0 Å². The van der Waals surface area contributed by atoms with Gasteiger partial charge >= 0.3 is 11.9 Å². The number of hydrogen-bond donors (Lipinski definition) is 2. The Kier molecular flexibility index (Phi) is 10.3. The molecule has 0 aromatic rings. The molecule has 6 heteroatoms. The van der Waals surface area contributed by atoms with Crippen molar-refractivity contribution in [3.05, 3.63) is 23.3 Å². The number of rotatable bonds is 9. The summed E-state index contributed by atoms with van der Waals surface area (Å²) >= 11 is 0. The van der Waals surface area contributed by atoms with Crippen LogP contribution in [0.4, 0.5) is 0 Å². The van der Waals surface area contributed by atoms with Crippen LogP contribution in [-0.4, -0.2) is 48.6 Å². The zero-order valence-electron chi connectivity index (χ0n) is 11.9. The first kappa shape index (κ1) is 18.3. The van der Waals surface area contributed by atoms with Crippen molar-refractivity contribution in [2.45, 2.75) is 26.7 Å². The Bertz CT molecular complexity index is 370. The maximum absolute atomic E-state index is 11.5. The molecule has 0 amide bonds. The van der Waals surface area contributed by atoms with E-state index in [1.807, 2.05) is 0 Å². The second-order valence-corrected chi connectivity index (χ2v) is 4.13. The minimum atomic E-state index is -0.542. The monoisotopic (exact) mass is 286 g/mol. The van der Waals surface area contributed by atoms with Crippen LogP contribution >= 0.6 is 0 Å². The Hall–Kier alpha value is -1.66. The van der Waals surface area contributed by atoms with Crippen LogP contribution in [0.15, 0.2) is 23.3 Å². The number of ether oxygens (including phenoxy) is 2. The summed E-state index contributed by atoms with van der Waals surface area (Å²) in [7, 11) is 0. The lowest BCUT2D eigenvalue weighted by atomic mass is 10.2. The van der Waals surface area contributed by atoms with Crippen LogP contribution in [-0.2, 0) is 19.1 Å². The molecule has 6 nitrogen and oxygen atoms in total. The SMILES string of the molecule is C/C(=C\C=C(/C)C(=O)OCCCCO)C(=O)OCCO. The van der Waals surface area contributed by atoms with E-state index in [4.69, 9.17) is 19.7 Å². The van der Waals surface area contributed by atoms with Gasteiger partial charge in [0.25, 0.3) is 0 Å². The number of hydrogen-bond acceptors (Lipinski definition) is 6. The summed E-state index contributed by atoms with van der Waals surface area (Å²) in [4.78, 5) is 22.9. The highest BCUT2D eigenvalue weighted by molar-refractivity contribution is 5.90. The maximum atomic E-state index is 11.5. The van der Waals surface area contributed by atoms with Gasteiger partial charge in [-0.25, -0.2) is 9.59 Å². The van der Waals surface area contributed by atoms with Crippen LogP contribution in [0, 0.1) is 0 Å². The van der Waals surface area contributed by atoms with Gasteiger partial charge in [-0.1, -0.05) is 12.2 Å². The highest BCUT2D eigenvalue weighted by Gasteiger charge is 2.06. The third kappa shape index (κ3) is 8.44. The normalized spacial score (nSPS) is 12.2. The van der Waals surface area contributed by atoms with Gasteiger partial charge in [0.1, 0.15) is 6.61 Å². The van der Waals surface area contributed by atoms with Crippen LogP contribution in [0.25, 0.3) is 0 Å². The molecule has 0 aliphatic rings. The van der Waals surface area contributed by atoms with Crippen molar-refractivity contribution in [1.82, 2.24) is 0 Å². The lowest BCUT2D eigenvalue weighted by Crippen LogP contribution is -2.09.